The second kappa shape index (κ2) is 7.40. The molecule has 0 amide bonds. The van der Waals surface area contributed by atoms with Crippen LogP contribution in [-0.4, -0.2) is 22.8 Å². The predicted octanol–water partition coefficient (Wildman–Crippen LogP) is 6.11. The number of pyridine rings is 1. The summed E-state index contributed by atoms with van der Waals surface area (Å²) < 4.78 is 47.3. The first kappa shape index (κ1) is 20.9. The molecule has 3 aromatic rings. The third-order valence-electron chi connectivity index (χ3n) is 4.41. The second-order valence-corrected chi connectivity index (χ2v) is 8.46. The lowest BCUT2D eigenvalue weighted by atomic mass is 9.88. The largest absolute Gasteiger partial charge is 0.435 e. The van der Waals surface area contributed by atoms with Crippen molar-refractivity contribution < 1.29 is 27.5 Å². The molecular formula is C19H11Cl2F3N2O3S. The number of alkyl halides is 3. The van der Waals surface area contributed by atoms with E-state index in [1.807, 2.05) is 0 Å². The summed E-state index contributed by atoms with van der Waals surface area (Å²) in [7, 11) is 0. The number of hydrogen-bond donors (Lipinski definition) is 0. The monoisotopic (exact) mass is 474 g/mol. The van der Waals surface area contributed by atoms with Crippen molar-refractivity contribution >= 4 is 56.4 Å². The predicted molar refractivity (Wildman–Crippen MR) is 107 cm³/mol. The fraction of sp³-hybridized carbons (Fsp3) is 0.211. The third kappa shape index (κ3) is 3.73. The van der Waals surface area contributed by atoms with Crippen LogP contribution in [0.15, 0.2) is 41.7 Å². The Balaban J connectivity index is 1.71. The first-order valence-corrected chi connectivity index (χ1v) is 10.0. The van der Waals surface area contributed by atoms with Crippen molar-refractivity contribution in [2.75, 3.05) is 0 Å². The van der Waals surface area contributed by atoms with E-state index >= 15 is 0 Å². The molecule has 2 aromatic heterocycles. The molecule has 1 unspecified atom stereocenters. The van der Waals surface area contributed by atoms with Crippen LogP contribution in [0.2, 0.25) is 10.0 Å². The molecule has 0 N–H and O–H groups in total. The Morgan fingerprint density at radius 1 is 1.20 bits per heavy atom. The Bertz CT molecular complexity index is 1180. The number of nitrogens with zero attached hydrogens (tertiary/aromatic N) is 2. The minimum absolute atomic E-state index is 0.0576. The molecule has 0 radical (unpaired) electrons. The molecule has 4 rings (SSSR count). The van der Waals surface area contributed by atoms with E-state index in [9.17, 15) is 18.0 Å². The van der Waals surface area contributed by atoms with Crippen molar-refractivity contribution in [2.45, 2.75) is 25.1 Å². The fourth-order valence-corrected chi connectivity index (χ4v) is 4.59. The van der Waals surface area contributed by atoms with Crippen LogP contribution in [0, 0.1) is 0 Å². The van der Waals surface area contributed by atoms with Crippen molar-refractivity contribution in [3.63, 3.8) is 0 Å². The van der Waals surface area contributed by atoms with Crippen LogP contribution >= 0.6 is 34.5 Å². The molecule has 3 heterocycles. The average Bonchev–Trinajstić information content (AvgIpc) is 3.24. The van der Waals surface area contributed by atoms with Crippen LogP contribution in [0.25, 0.3) is 10.2 Å². The maximum absolute atomic E-state index is 14.1. The van der Waals surface area contributed by atoms with Crippen LogP contribution < -0.4 is 4.74 Å². The lowest BCUT2D eigenvalue weighted by Crippen LogP contribution is -2.42. The molecule has 156 valence electrons. The van der Waals surface area contributed by atoms with Gasteiger partial charge in [0.1, 0.15) is 16.3 Å². The summed E-state index contributed by atoms with van der Waals surface area (Å²) in [4.78, 5) is 21.3. The minimum atomic E-state index is -4.77. The van der Waals surface area contributed by atoms with Crippen LogP contribution in [0.1, 0.15) is 23.8 Å². The van der Waals surface area contributed by atoms with E-state index in [0.717, 1.165) is 23.5 Å². The molecule has 1 aliphatic rings. The molecule has 30 heavy (non-hydrogen) atoms. The summed E-state index contributed by atoms with van der Waals surface area (Å²) in [6.07, 6.45) is -3.97. The Kier molecular flexibility index (Phi) is 5.16. The Morgan fingerprint density at radius 3 is 2.53 bits per heavy atom. The van der Waals surface area contributed by atoms with Gasteiger partial charge in [-0.3, -0.25) is 4.79 Å². The van der Waals surface area contributed by atoms with Gasteiger partial charge in [0.2, 0.25) is 0 Å². The zero-order chi connectivity index (χ0) is 21.7. The molecule has 0 saturated heterocycles. The summed E-state index contributed by atoms with van der Waals surface area (Å²) in [5.74, 6) is -0.266. The Morgan fingerprint density at radius 2 is 1.90 bits per heavy atom. The van der Waals surface area contributed by atoms with Gasteiger partial charge in [-0.05, 0) is 30.3 Å². The maximum atomic E-state index is 14.1. The van der Waals surface area contributed by atoms with E-state index in [4.69, 9.17) is 32.8 Å². The van der Waals surface area contributed by atoms with Gasteiger partial charge >= 0.3 is 12.1 Å². The van der Waals surface area contributed by atoms with Gasteiger partial charge in [-0.15, -0.1) is 11.3 Å². The number of ether oxygens (including phenoxy) is 1. The number of fused-ring (bicyclic) bond motifs is 1. The molecule has 1 aliphatic heterocycles. The van der Waals surface area contributed by atoms with Gasteiger partial charge in [-0.2, -0.15) is 13.2 Å². The standard InChI is InChI=1S/C19H11Cl2F3N2O3S/c1-9(27)28-14-2-10-3-16(30-17(10)25-8-14)15-7-18(29-26-15,19(22,23)24)11-4-12(20)6-13(21)5-11/h2-6,8H,7H2,1H3. The summed E-state index contributed by atoms with van der Waals surface area (Å²) >= 11 is 13.0. The Hall–Kier alpha value is -2.36. The van der Waals surface area contributed by atoms with Crippen LogP contribution in [0.5, 0.6) is 5.75 Å². The smallest absolute Gasteiger partial charge is 0.425 e. The average molecular weight is 475 g/mol. The SMILES string of the molecule is CC(=O)Oc1cnc2sc(C3=NOC(c4cc(Cl)cc(Cl)c4)(C(F)(F)F)C3)cc2c1. The van der Waals surface area contributed by atoms with Gasteiger partial charge in [0, 0.05) is 27.9 Å². The van der Waals surface area contributed by atoms with E-state index in [1.54, 1.807) is 12.1 Å². The second-order valence-electron chi connectivity index (χ2n) is 6.56. The zero-order valence-electron chi connectivity index (χ0n) is 15.1. The highest BCUT2D eigenvalue weighted by Gasteiger charge is 2.62. The van der Waals surface area contributed by atoms with E-state index < -0.39 is 24.2 Å². The van der Waals surface area contributed by atoms with Crippen LogP contribution in [-0.2, 0) is 15.2 Å². The molecule has 0 saturated carbocycles. The Labute approximate surface area is 182 Å². The lowest BCUT2D eigenvalue weighted by Gasteiger charge is -2.29. The van der Waals surface area contributed by atoms with Gasteiger partial charge in [0.05, 0.1) is 17.5 Å². The first-order chi connectivity index (χ1) is 14.1. The van der Waals surface area contributed by atoms with Crippen molar-refractivity contribution in [3.05, 3.63) is 57.0 Å². The highest BCUT2D eigenvalue weighted by Crippen LogP contribution is 2.50. The molecule has 1 atom stereocenters. The molecular weight excluding hydrogens is 464 g/mol. The summed E-state index contributed by atoms with van der Waals surface area (Å²) in [5.41, 5.74) is -2.83. The number of thiophene rings is 1. The number of aromatic nitrogens is 1. The zero-order valence-corrected chi connectivity index (χ0v) is 17.4. The van der Waals surface area contributed by atoms with Gasteiger partial charge in [0.25, 0.3) is 5.60 Å². The first-order valence-electron chi connectivity index (χ1n) is 8.44. The van der Waals surface area contributed by atoms with Gasteiger partial charge in [-0.1, -0.05) is 28.4 Å². The molecule has 1 aromatic carbocycles. The van der Waals surface area contributed by atoms with Gasteiger partial charge in [0.15, 0.2) is 0 Å². The molecule has 0 fully saturated rings. The molecule has 0 spiro atoms. The maximum Gasteiger partial charge on any atom is 0.435 e. The van der Waals surface area contributed by atoms with Crippen LogP contribution in [0.3, 0.4) is 0 Å². The lowest BCUT2D eigenvalue weighted by molar-refractivity contribution is -0.275. The molecule has 11 heteroatoms. The highest BCUT2D eigenvalue weighted by atomic mass is 35.5. The number of halogens is 5. The normalized spacial score (nSPS) is 18.9. The topological polar surface area (TPSA) is 60.8 Å². The van der Waals surface area contributed by atoms with Crippen molar-refractivity contribution in [3.8, 4) is 5.75 Å². The molecule has 0 aliphatic carbocycles. The summed E-state index contributed by atoms with van der Waals surface area (Å²) in [5, 5.41) is 4.45. The van der Waals surface area contributed by atoms with Gasteiger partial charge in [-0.25, -0.2) is 4.98 Å². The number of esters is 1. The fourth-order valence-electron chi connectivity index (χ4n) is 3.10. The molecule has 5 nitrogen and oxygen atoms in total. The van der Waals surface area contributed by atoms with Crippen LogP contribution in [0.4, 0.5) is 13.2 Å². The van der Waals surface area contributed by atoms with Crippen molar-refractivity contribution in [2.24, 2.45) is 5.16 Å². The number of hydrogen-bond acceptors (Lipinski definition) is 6. The van der Waals surface area contributed by atoms with E-state index in [2.05, 4.69) is 10.1 Å². The van der Waals surface area contributed by atoms with E-state index in [1.165, 1.54) is 19.2 Å². The highest BCUT2D eigenvalue weighted by molar-refractivity contribution is 7.20. The van der Waals surface area contributed by atoms with E-state index in [0.29, 0.717) is 15.1 Å². The quantitative estimate of drug-likeness (QED) is 0.429. The minimum Gasteiger partial charge on any atom is -0.425 e. The summed E-state index contributed by atoms with van der Waals surface area (Å²) in [6.45, 7) is 1.26. The number of carbonyl (C=O) groups is 1. The number of oxime groups is 1. The van der Waals surface area contributed by atoms with Crippen molar-refractivity contribution in [1.29, 1.82) is 0 Å². The number of carbonyl (C=O) groups excluding carboxylic acids is 1. The van der Waals surface area contributed by atoms with E-state index in [-0.39, 0.29) is 27.1 Å². The van der Waals surface area contributed by atoms with Crippen molar-refractivity contribution in [1.82, 2.24) is 4.98 Å². The summed E-state index contributed by atoms with van der Waals surface area (Å²) in [6, 6.07) is 6.87. The number of benzene rings is 1. The number of rotatable bonds is 3. The third-order valence-corrected chi connectivity index (χ3v) is 5.95. The molecule has 0 bridgehead atoms. The van der Waals surface area contributed by atoms with Gasteiger partial charge < -0.3 is 9.57 Å².